The number of nitrogen functional groups attached to an aromatic ring is 1. The first kappa shape index (κ1) is 22.9. The van der Waals surface area contributed by atoms with Gasteiger partial charge in [-0.15, -0.1) is 12.4 Å². The Balaban J connectivity index is 0.00000300. The number of nitrogens with one attached hydrogen (secondary N) is 3. The van der Waals surface area contributed by atoms with Gasteiger partial charge >= 0.3 is 6.03 Å². The van der Waals surface area contributed by atoms with Crippen LogP contribution >= 0.6 is 12.4 Å². The quantitative estimate of drug-likeness (QED) is 0.375. The van der Waals surface area contributed by atoms with E-state index in [-0.39, 0.29) is 31.1 Å². The van der Waals surface area contributed by atoms with E-state index in [0.29, 0.717) is 41.9 Å². The molecule has 0 spiro atoms. The summed E-state index contributed by atoms with van der Waals surface area (Å²) in [5, 5.41) is 8.74. The normalized spacial score (nSPS) is 15.3. The van der Waals surface area contributed by atoms with E-state index < -0.39 is 0 Å². The van der Waals surface area contributed by atoms with E-state index in [0.717, 1.165) is 32.1 Å². The fraction of sp³-hybridized carbons (Fsp3) is 0.600. The lowest BCUT2D eigenvalue weighted by atomic mass is 9.96. The highest BCUT2D eigenvalue weighted by atomic mass is 35.5. The molecule has 0 bridgehead atoms. The number of fused-ring (bicyclic) bond motifs is 1. The predicted octanol–water partition coefficient (Wildman–Crippen LogP) is 3.55. The first-order valence-electron chi connectivity index (χ1n) is 10.1. The van der Waals surface area contributed by atoms with Gasteiger partial charge < -0.3 is 31.2 Å². The van der Waals surface area contributed by atoms with Crippen LogP contribution in [0.1, 0.15) is 57.8 Å². The summed E-state index contributed by atoms with van der Waals surface area (Å²) in [6.07, 6.45) is 8.70. The summed E-state index contributed by atoms with van der Waals surface area (Å²) in [5.41, 5.74) is 6.92. The number of unbranched alkanes of at least 4 members (excludes halogenated alkanes) is 2. The zero-order valence-electron chi connectivity index (χ0n) is 16.6. The van der Waals surface area contributed by atoms with Gasteiger partial charge in [0.15, 0.2) is 11.5 Å². The van der Waals surface area contributed by atoms with E-state index >= 15 is 0 Å². The van der Waals surface area contributed by atoms with Crippen LogP contribution in [-0.2, 0) is 4.79 Å². The van der Waals surface area contributed by atoms with Gasteiger partial charge in [0.05, 0.1) is 11.4 Å². The molecule has 1 aromatic carbocycles. The predicted molar refractivity (Wildman–Crippen MR) is 115 cm³/mol. The summed E-state index contributed by atoms with van der Waals surface area (Å²) < 4.78 is 10.6. The fourth-order valence-corrected chi connectivity index (χ4v) is 3.55. The molecule has 0 unspecified atom stereocenters. The lowest BCUT2D eigenvalue weighted by Gasteiger charge is -2.22. The molecule has 1 aromatic rings. The molecule has 1 heterocycles. The number of rotatable bonds is 8. The molecule has 8 nitrogen and oxygen atoms in total. The molecule has 0 atom stereocenters. The third-order valence-electron chi connectivity index (χ3n) is 5.13. The van der Waals surface area contributed by atoms with Gasteiger partial charge in [-0.1, -0.05) is 25.7 Å². The number of benzene rings is 1. The van der Waals surface area contributed by atoms with Crippen molar-refractivity contribution in [3.05, 3.63) is 12.1 Å². The number of anilines is 2. The van der Waals surface area contributed by atoms with Crippen molar-refractivity contribution < 1.29 is 19.1 Å². The van der Waals surface area contributed by atoms with Crippen LogP contribution in [0.3, 0.4) is 0 Å². The summed E-state index contributed by atoms with van der Waals surface area (Å²) >= 11 is 0. The number of carbonyl (C=O) groups excluding carboxylic acids is 2. The van der Waals surface area contributed by atoms with Crippen molar-refractivity contribution in [2.24, 2.45) is 0 Å². The van der Waals surface area contributed by atoms with E-state index in [1.54, 1.807) is 12.1 Å². The van der Waals surface area contributed by atoms with E-state index in [4.69, 9.17) is 15.2 Å². The summed E-state index contributed by atoms with van der Waals surface area (Å²) in [7, 11) is 0. The zero-order valence-corrected chi connectivity index (χ0v) is 17.4. The Bertz CT molecular complexity index is 695. The Kier molecular flexibility index (Phi) is 9.18. The van der Waals surface area contributed by atoms with Gasteiger partial charge in [-0.05, 0) is 25.7 Å². The minimum absolute atomic E-state index is 0. The average molecular weight is 427 g/mol. The molecule has 0 radical (unpaired) electrons. The van der Waals surface area contributed by atoms with E-state index in [1.165, 1.54) is 19.3 Å². The number of halogens is 1. The topological polar surface area (TPSA) is 115 Å². The van der Waals surface area contributed by atoms with Crippen LogP contribution in [0.4, 0.5) is 16.2 Å². The molecule has 1 aliphatic heterocycles. The Hall–Kier alpha value is -2.35. The second-order valence-electron chi connectivity index (χ2n) is 7.39. The molecule has 3 amide bonds. The summed E-state index contributed by atoms with van der Waals surface area (Å²) in [4.78, 5) is 24.0. The van der Waals surface area contributed by atoms with E-state index in [9.17, 15) is 9.59 Å². The number of ether oxygens (including phenoxy) is 2. The van der Waals surface area contributed by atoms with Crippen LogP contribution < -0.4 is 31.2 Å². The highest BCUT2D eigenvalue weighted by Gasteiger charge is 2.17. The van der Waals surface area contributed by atoms with E-state index in [1.807, 2.05) is 0 Å². The molecule has 2 aliphatic rings. The second kappa shape index (κ2) is 11.6. The summed E-state index contributed by atoms with van der Waals surface area (Å²) in [5.74, 6) is 1.09. The molecule has 1 saturated carbocycles. The van der Waals surface area contributed by atoms with Crippen LogP contribution in [0, 0.1) is 0 Å². The largest absolute Gasteiger partial charge is 0.454 e. The molecule has 1 fully saturated rings. The van der Waals surface area contributed by atoms with Gasteiger partial charge in [0.25, 0.3) is 0 Å². The van der Waals surface area contributed by atoms with Crippen molar-refractivity contribution in [3.63, 3.8) is 0 Å². The molecular formula is C20H31ClN4O4. The van der Waals surface area contributed by atoms with Crippen molar-refractivity contribution in [1.82, 2.24) is 10.6 Å². The number of carbonyl (C=O) groups is 2. The lowest BCUT2D eigenvalue weighted by Crippen LogP contribution is -2.43. The SMILES string of the molecule is Cl.Nc1cc2c(cc1NC(=O)CCCCCNC(=O)NC1CCCCC1)OCO2. The van der Waals surface area contributed by atoms with Crippen molar-refractivity contribution in [1.29, 1.82) is 0 Å². The maximum Gasteiger partial charge on any atom is 0.315 e. The van der Waals surface area contributed by atoms with E-state index in [2.05, 4.69) is 16.0 Å². The minimum atomic E-state index is -0.0893. The van der Waals surface area contributed by atoms with Crippen molar-refractivity contribution in [2.45, 2.75) is 63.8 Å². The minimum Gasteiger partial charge on any atom is -0.454 e. The first-order valence-corrected chi connectivity index (χ1v) is 10.1. The van der Waals surface area contributed by atoms with Gasteiger partial charge in [0, 0.05) is 31.1 Å². The number of urea groups is 1. The van der Waals surface area contributed by atoms with Gasteiger partial charge in [-0.25, -0.2) is 4.79 Å². The number of nitrogens with two attached hydrogens (primary N) is 1. The van der Waals surface area contributed by atoms with Gasteiger partial charge in [-0.3, -0.25) is 4.79 Å². The van der Waals surface area contributed by atoms with Crippen molar-refractivity contribution >= 4 is 35.7 Å². The number of hydrogen-bond donors (Lipinski definition) is 4. The van der Waals surface area contributed by atoms with Crippen LogP contribution in [0.25, 0.3) is 0 Å². The lowest BCUT2D eigenvalue weighted by molar-refractivity contribution is -0.116. The van der Waals surface area contributed by atoms with Gasteiger partial charge in [-0.2, -0.15) is 0 Å². The molecule has 0 aromatic heterocycles. The fourth-order valence-electron chi connectivity index (χ4n) is 3.55. The highest BCUT2D eigenvalue weighted by Crippen LogP contribution is 2.38. The number of amides is 3. The monoisotopic (exact) mass is 426 g/mol. The molecule has 29 heavy (non-hydrogen) atoms. The standard InChI is InChI=1S/C20H30N4O4.ClH/c21-15-11-17-18(28-13-27-17)12-16(15)24-19(25)9-5-2-6-10-22-20(26)23-14-7-3-1-4-8-14;/h11-12,14H,1-10,13,21H2,(H,24,25)(H2,22,23,26);1H. The Morgan fingerprint density at radius 1 is 1.03 bits per heavy atom. The molecule has 3 rings (SSSR count). The summed E-state index contributed by atoms with van der Waals surface area (Å²) in [6.45, 7) is 0.786. The number of hydrogen-bond acceptors (Lipinski definition) is 5. The molecule has 0 saturated heterocycles. The Morgan fingerprint density at radius 2 is 1.76 bits per heavy atom. The molecular weight excluding hydrogens is 396 g/mol. The smallest absolute Gasteiger partial charge is 0.315 e. The zero-order chi connectivity index (χ0) is 19.8. The van der Waals surface area contributed by atoms with Crippen LogP contribution in [-0.4, -0.2) is 31.3 Å². The Labute approximate surface area is 177 Å². The molecule has 162 valence electrons. The van der Waals surface area contributed by atoms with Crippen LogP contribution in [0.2, 0.25) is 0 Å². The third-order valence-corrected chi connectivity index (χ3v) is 5.13. The maximum absolute atomic E-state index is 12.1. The first-order chi connectivity index (χ1) is 13.6. The molecule has 1 aliphatic carbocycles. The maximum atomic E-state index is 12.1. The van der Waals surface area contributed by atoms with Crippen LogP contribution in [0.5, 0.6) is 11.5 Å². The van der Waals surface area contributed by atoms with Crippen LogP contribution in [0.15, 0.2) is 12.1 Å². The van der Waals surface area contributed by atoms with Crippen molar-refractivity contribution in [3.8, 4) is 11.5 Å². The second-order valence-corrected chi connectivity index (χ2v) is 7.39. The van der Waals surface area contributed by atoms with Gasteiger partial charge in [0.2, 0.25) is 12.7 Å². The molecule has 9 heteroatoms. The Morgan fingerprint density at radius 3 is 2.52 bits per heavy atom. The summed E-state index contributed by atoms with van der Waals surface area (Å²) in [6, 6.07) is 3.58. The van der Waals surface area contributed by atoms with Gasteiger partial charge in [0.1, 0.15) is 0 Å². The van der Waals surface area contributed by atoms with Crippen molar-refractivity contribution in [2.75, 3.05) is 24.4 Å². The third kappa shape index (κ3) is 7.20. The molecule has 5 N–H and O–H groups in total. The highest BCUT2D eigenvalue weighted by molar-refractivity contribution is 5.94. The average Bonchev–Trinajstić information content (AvgIpc) is 3.12.